The zero-order valence-electron chi connectivity index (χ0n) is 10.8. The number of carbonyl (C=O) groups excluding carboxylic acids is 1. The molecule has 1 heterocycles. The molecule has 1 saturated carbocycles. The Morgan fingerprint density at radius 1 is 1.32 bits per heavy atom. The second kappa shape index (κ2) is 4.70. The van der Waals surface area contributed by atoms with Crippen LogP contribution in [-0.4, -0.2) is 18.0 Å². The van der Waals surface area contributed by atoms with Crippen LogP contribution in [0.4, 0.5) is 0 Å². The van der Waals surface area contributed by atoms with Gasteiger partial charge in [-0.25, -0.2) is 0 Å². The minimum Gasteiger partial charge on any atom is -0.463 e. The van der Waals surface area contributed by atoms with Gasteiger partial charge < -0.3 is 15.5 Å². The first-order chi connectivity index (χ1) is 9.24. The zero-order chi connectivity index (χ0) is 13.3. The fraction of sp³-hybridized carbons (Fsp3) is 0.400. The molecule has 1 aromatic carbocycles. The maximum Gasteiger partial charge on any atom is 0.255 e. The Labute approximate surface area is 112 Å². The normalized spacial score (nSPS) is 17.7. The van der Waals surface area contributed by atoms with Crippen molar-refractivity contribution in [3.63, 3.8) is 0 Å². The minimum absolute atomic E-state index is 0.0858. The quantitative estimate of drug-likeness (QED) is 0.888. The molecule has 4 nitrogen and oxygen atoms in total. The number of furan rings is 1. The summed E-state index contributed by atoms with van der Waals surface area (Å²) in [5, 5.41) is 3.96. The summed E-state index contributed by atoms with van der Waals surface area (Å²) >= 11 is 0. The summed E-state index contributed by atoms with van der Waals surface area (Å²) in [5.74, 6) is -0.0858. The summed E-state index contributed by atoms with van der Waals surface area (Å²) in [4.78, 5) is 12.4. The summed E-state index contributed by atoms with van der Waals surface area (Å²) in [7, 11) is 0. The van der Waals surface area contributed by atoms with Gasteiger partial charge in [-0.15, -0.1) is 0 Å². The highest BCUT2D eigenvalue weighted by Crippen LogP contribution is 2.29. The Hall–Kier alpha value is -1.81. The van der Waals surface area contributed by atoms with Crippen LogP contribution < -0.4 is 11.1 Å². The molecule has 1 amide bonds. The summed E-state index contributed by atoms with van der Waals surface area (Å²) in [5.41, 5.74) is 6.95. The molecule has 4 heteroatoms. The molecular formula is C15H18N2O2. The van der Waals surface area contributed by atoms with E-state index in [4.69, 9.17) is 10.2 Å². The van der Waals surface area contributed by atoms with Crippen molar-refractivity contribution in [2.24, 2.45) is 5.73 Å². The van der Waals surface area contributed by atoms with Crippen molar-refractivity contribution in [3.8, 4) is 0 Å². The van der Waals surface area contributed by atoms with Gasteiger partial charge in [-0.2, -0.15) is 0 Å². The van der Waals surface area contributed by atoms with Crippen LogP contribution in [0.2, 0.25) is 0 Å². The number of rotatable bonds is 3. The van der Waals surface area contributed by atoms with E-state index in [1.165, 1.54) is 6.26 Å². The van der Waals surface area contributed by atoms with Gasteiger partial charge in [0.1, 0.15) is 11.8 Å². The van der Waals surface area contributed by atoms with Crippen molar-refractivity contribution in [1.29, 1.82) is 0 Å². The number of fused-ring (bicyclic) bond motifs is 1. The number of hydrogen-bond acceptors (Lipinski definition) is 3. The van der Waals surface area contributed by atoms with Gasteiger partial charge in [0.05, 0.1) is 11.1 Å². The van der Waals surface area contributed by atoms with Crippen LogP contribution in [0.1, 0.15) is 36.0 Å². The fourth-order valence-corrected chi connectivity index (χ4v) is 2.89. The molecule has 3 N–H and O–H groups in total. The molecule has 1 fully saturated rings. The molecule has 0 spiro atoms. The van der Waals surface area contributed by atoms with Gasteiger partial charge in [0.25, 0.3) is 5.91 Å². The molecular weight excluding hydrogens is 240 g/mol. The highest BCUT2D eigenvalue weighted by atomic mass is 16.3. The van der Waals surface area contributed by atoms with E-state index in [0.29, 0.717) is 12.1 Å². The second-order valence-corrected chi connectivity index (χ2v) is 5.29. The monoisotopic (exact) mass is 258 g/mol. The molecule has 100 valence electrons. The largest absolute Gasteiger partial charge is 0.463 e. The first-order valence-corrected chi connectivity index (χ1v) is 6.73. The van der Waals surface area contributed by atoms with Crippen LogP contribution >= 0.6 is 0 Å². The third-order valence-corrected chi connectivity index (χ3v) is 4.06. The first-order valence-electron chi connectivity index (χ1n) is 6.73. The molecule has 0 aliphatic heterocycles. The molecule has 1 aromatic heterocycles. The van der Waals surface area contributed by atoms with Gasteiger partial charge in [0.15, 0.2) is 0 Å². The van der Waals surface area contributed by atoms with Crippen LogP contribution in [0.3, 0.4) is 0 Å². The SMILES string of the molecule is NCC1(NC(=O)c2coc3ccccc23)CCCC1. The lowest BCUT2D eigenvalue weighted by molar-refractivity contribution is 0.0904. The van der Waals surface area contributed by atoms with Gasteiger partial charge in [-0.05, 0) is 18.9 Å². The fourth-order valence-electron chi connectivity index (χ4n) is 2.89. The Bertz CT molecular complexity index is 597. The Kier molecular flexibility index (Phi) is 3.03. The van der Waals surface area contributed by atoms with Crippen LogP contribution in [0.25, 0.3) is 11.0 Å². The molecule has 1 aliphatic carbocycles. The lowest BCUT2D eigenvalue weighted by Gasteiger charge is -2.28. The van der Waals surface area contributed by atoms with Crippen molar-refractivity contribution in [1.82, 2.24) is 5.32 Å². The van der Waals surface area contributed by atoms with Crippen molar-refractivity contribution in [2.75, 3.05) is 6.54 Å². The lowest BCUT2D eigenvalue weighted by Crippen LogP contribution is -2.51. The number of nitrogens with two attached hydrogens (primary N) is 1. The molecule has 2 aromatic rings. The Balaban J connectivity index is 1.88. The molecule has 3 rings (SSSR count). The standard InChI is InChI=1S/C15H18N2O2/c16-10-15(7-3-4-8-15)17-14(18)12-9-19-13-6-2-1-5-11(12)13/h1-2,5-6,9H,3-4,7-8,10,16H2,(H,17,18). The number of nitrogens with one attached hydrogen (secondary N) is 1. The lowest BCUT2D eigenvalue weighted by atomic mass is 9.97. The third kappa shape index (κ3) is 2.12. The smallest absolute Gasteiger partial charge is 0.255 e. The highest BCUT2D eigenvalue weighted by molar-refractivity contribution is 6.06. The van der Waals surface area contributed by atoms with Crippen molar-refractivity contribution < 1.29 is 9.21 Å². The van der Waals surface area contributed by atoms with E-state index in [9.17, 15) is 4.79 Å². The summed E-state index contributed by atoms with van der Waals surface area (Å²) in [6.45, 7) is 0.495. The summed E-state index contributed by atoms with van der Waals surface area (Å²) in [6, 6.07) is 7.56. The van der Waals surface area contributed by atoms with E-state index in [1.807, 2.05) is 24.3 Å². The number of amides is 1. The van der Waals surface area contributed by atoms with E-state index in [2.05, 4.69) is 5.32 Å². The molecule has 0 atom stereocenters. The minimum atomic E-state index is -0.227. The predicted octanol–water partition coefficient (Wildman–Crippen LogP) is 2.43. The molecule has 1 aliphatic rings. The predicted molar refractivity (Wildman–Crippen MR) is 73.9 cm³/mol. The van der Waals surface area contributed by atoms with Gasteiger partial charge >= 0.3 is 0 Å². The molecule has 0 bridgehead atoms. The zero-order valence-corrected chi connectivity index (χ0v) is 10.8. The average molecular weight is 258 g/mol. The summed E-state index contributed by atoms with van der Waals surface area (Å²) < 4.78 is 5.41. The number of hydrogen-bond donors (Lipinski definition) is 2. The molecule has 19 heavy (non-hydrogen) atoms. The van der Waals surface area contributed by atoms with Crippen molar-refractivity contribution in [2.45, 2.75) is 31.2 Å². The van der Waals surface area contributed by atoms with Crippen LogP contribution in [-0.2, 0) is 0 Å². The van der Waals surface area contributed by atoms with Gasteiger partial charge in [-0.3, -0.25) is 4.79 Å². The second-order valence-electron chi connectivity index (χ2n) is 5.29. The first kappa shape index (κ1) is 12.2. The number of benzene rings is 1. The number of carbonyl (C=O) groups is 1. The Morgan fingerprint density at radius 3 is 2.79 bits per heavy atom. The van der Waals surface area contributed by atoms with Crippen molar-refractivity contribution >= 4 is 16.9 Å². The Morgan fingerprint density at radius 2 is 2.05 bits per heavy atom. The molecule has 0 radical (unpaired) electrons. The topological polar surface area (TPSA) is 68.3 Å². The summed E-state index contributed by atoms with van der Waals surface area (Å²) in [6.07, 6.45) is 5.71. The maximum absolute atomic E-state index is 12.4. The van der Waals surface area contributed by atoms with Gasteiger partial charge in [0, 0.05) is 11.9 Å². The van der Waals surface area contributed by atoms with E-state index in [-0.39, 0.29) is 11.4 Å². The van der Waals surface area contributed by atoms with Crippen LogP contribution in [0.15, 0.2) is 34.9 Å². The third-order valence-electron chi connectivity index (χ3n) is 4.06. The van der Waals surface area contributed by atoms with Crippen molar-refractivity contribution in [3.05, 3.63) is 36.1 Å². The highest BCUT2D eigenvalue weighted by Gasteiger charge is 2.34. The maximum atomic E-state index is 12.4. The van der Waals surface area contributed by atoms with Gasteiger partial charge in [-0.1, -0.05) is 31.0 Å². The average Bonchev–Trinajstić information content (AvgIpc) is 3.05. The van der Waals surface area contributed by atoms with E-state index < -0.39 is 0 Å². The van der Waals surface area contributed by atoms with Gasteiger partial charge in [0.2, 0.25) is 0 Å². The molecule has 0 saturated heterocycles. The van der Waals surface area contributed by atoms with E-state index >= 15 is 0 Å². The number of para-hydroxylation sites is 1. The van der Waals surface area contributed by atoms with E-state index in [1.54, 1.807) is 0 Å². The van der Waals surface area contributed by atoms with Crippen LogP contribution in [0, 0.1) is 0 Å². The van der Waals surface area contributed by atoms with E-state index in [0.717, 1.165) is 36.7 Å². The van der Waals surface area contributed by atoms with Crippen LogP contribution in [0.5, 0.6) is 0 Å². The molecule has 0 unspecified atom stereocenters.